The lowest BCUT2D eigenvalue weighted by atomic mass is 10.2. The minimum absolute atomic E-state index is 0.511. The first-order valence-corrected chi connectivity index (χ1v) is 5.39. The molecule has 0 aliphatic carbocycles. The third-order valence-electron chi connectivity index (χ3n) is 2.21. The Kier molecular flexibility index (Phi) is 3.11. The molecule has 82 valence electrons. The van der Waals surface area contributed by atoms with Gasteiger partial charge in [-0.3, -0.25) is 0 Å². The number of pyridine rings is 1. The van der Waals surface area contributed by atoms with E-state index in [4.69, 9.17) is 16.3 Å². The fourth-order valence-corrected chi connectivity index (χ4v) is 1.51. The Morgan fingerprint density at radius 1 is 1.12 bits per heavy atom. The Bertz CT molecular complexity index is 511. The minimum Gasteiger partial charge on any atom is -0.456 e. The highest BCUT2D eigenvalue weighted by molar-refractivity contribution is 6.30. The number of hydrogen-bond donors (Lipinski definition) is 0. The number of rotatable bonds is 2. The Morgan fingerprint density at radius 3 is 2.62 bits per heavy atom. The zero-order valence-corrected chi connectivity index (χ0v) is 9.95. The molecule has 0 saturated carbocycles. The van der Waals surface area contributed by atoms with Gasteiger partial charge in [0.25, 0.3) is 0 Å². The summed E-state index contributed by atoms with van der Waals surface area (Å²) in [5, 5.41) is 0.511. The van der Waals surface area contributed by atoms with Crippen molar-refractivity contribution in [2.45, 2.75) is 13.8 Å². The molecular weight excluding hydrogens is 222 g/mol. The van der Waals surface area contributed by atoms with Gasteiger partial charge in [0.1, 0.15) is 16.7 Å². The summed E-state index contributed by atoms with van der Waals surface area (Å²) in [7, 11) is 0. The van der Waals surface area contributed by atoms with E-state index in [-0.39, 0.29) is 0 Å². The van der Waals surface area contributed by atoms with Crippen LogP contribution in [-0.4, -0.2) is 4.98 Å². The molecule has 0 fully saturated rings. The van der Waals surface area contributed by atoms with Gasteiger partial charge in [-0.05, 0) is 43.2 Å². The van der Waals surface area contributed by atoms with Crippen LogP contribution < -0.4 is 4.74 Å². The third-order valence-corrected chi connectivity index (χ3v) is 2.61. The van der Waals surface area contributed by atoms with Crippen LogP contribution in [0.15, 0.2) is 36.5 Å². The summed E-state index contributed by atoms with van der Waals surface area (Å²) in [6.07, 6.45) is 1.62. The van der Waals surface area contributed by atoms with Gasteiger partial charge in [-0.25, -0.2) is 4.98 Å². The van der Waals surface area contributed by atoms with E-state index >= 15 is 0 Å². The van der Waals surface area contributed by atoms with Gasteiger partial charge in [-0.15, -0.1) is 0 Å². The molecule has 2 nitrogen and oxygen atoms in total. The van der Waals surface area contributed by atoms with Crippen molar-refractivity contribution < 1.29 is 4.74 Å². The topological polar surface area (TPSA) is 22.1 Å². The monoisotopic (exact) mass is 233 g/mol. The molecule has 16 heavy (non-hydrogen) atoms. The van der Waals surface area contributed by atoms with Crippen LogP contribution in [0.4, 0.5) is 0 Å². The van der Waals surface area contributed by atoms with Crippen molar-refractivity contribution in [1.29, 1.82) is 0 Å². The SMILES string of the molecule is Cc1cccc(Oc2cnc(Cl)c(C)c2)c1. The number of aryl methyl sites for hydroxylation is 2. The first-order valence-electron chi connectivity index (χ1n) is 5.02. The molecule has 0 bridgehead atoms. The Morgan fingerprint density at radius 2 is 1.94 bits per heavy atom. The minimum atomic E-state index is 0.511. The van der Waals surface area contributed by atoms with Crippen molar-refractivity contribution in [3.05, 3.63) is 52.8 Å². The van der Waals surface area contributed by atoms with E-state index < -0.39 is 0 Å². The summed E-state index contributed by atoms with van der Waals surface area (Å²) in [6.45, 7) is 3.93. The van der Waals surface area contributed by atoms with Crippen molar-refractivity contribution in [2.75, 3.05) is 0 Å². The highest BCUT2D eigenvalue weighted by Gasteiger charge is 2.01. The van der Waals surface area contributed by atoms with E-state index in [2.05, 4.69) is 4.98 Å². The Labute approximate surface area is 99.9 Å². The van der Waals surface area contributed by atoms with E-state index in [0.717, 1.165) is 16.9 Å². The lowest BCUT2D eigenvalue weighted by molar-refractivity contribution is 0.479. The summed E-state index contributed by atoms with van der Waals surface area (Å²) in [6, 6.07) is 9.75. The van der Waals surface area contributed by atoms with Crippen LogP contribution in [0.3, 0.4) is 0 Å². The number of hydrogen-bond acceptors (Lipinski definition) is 2. The normalized spacial score (nSPS) is 10.2. The predicted molar refractivity (Wildman–Crippen MR) is 65.2 cm³/mol. The molecule has 0 radical (unpaired) electrons. The summed E-state index contributed by atoms with van der Waals surface area (Å²) in [5.41, 5.74) is 2.07. The molecule has 3 heteroatoms. The van der Waals surface area contributed by atoms with E-state index in [1.54, 1.807) is 6.20 Å². The average Bonchev–Trinajstić information content (AvgIpc) is 2.24. The van der Waals surface area contributed by atoms with E-state index in [1.807, 2.05) is 44.2 Å². The number of ether oxygens (including phenoxy) is 1. The van der Waals surface area contributed by atoms with Gasteiger partial charge < -0.3 is 4.74 Å². The lowest BCUT2D eigenvalue weighted by Crippen LogP contribution is -1.88. The average molecular weight is 234 g/mol. The summed E-state index contributed by atoms with van der Waals surface area (Å²) < 4.78 is 5.67. The second kappa shape index (κ2) is 4.54. The van der Waals surface area contributed by atoms with E-state index in [1.165, 1.54) is 0 Å². The molecule has 1 aromatic heterocycles. The van der Waals surface area contributed by atoms with Gasteiger partial charge in [-0.2, -0.15) is 0 Å². The number of aromatic nitrogens is 1. The second-order valence-corrected chi connectivity index (χ2v) is 4.06. The van der Waals surface area contributed by atoms with Crippen LogP contribution in [0.1, 0.15) is 11.1 Å². The van der Waals surface area contributed by atoms with Crippen LogP contribution in [-0.2, 0) is 0 Å². The third kappa shape index (κ3) is 2.52. The van der Waals surface area contributed by atoms with Crippen molar-refractivity contribution in [3.63, 3.8) is 0 Å². The van der Waals surface area contributed by atoms with Crippen LogP contribution in [0, 0.1) is 13.8 Å². The molecule has 2 aromatic rings. The molecule has 1 heterocycles. The van der Waals surface area contributed by atoms with Gasteiger partial charge >= 0.3 is 0 Å². The lowest BCUT2D eigenvalue weighted by Gasteiger charge is -2.07. The highest BCUT2D eigenvalue weighted by Crippen LogP contribution is 2.24. The number of benzene rings is 1. The molecule has 2 rings (SSSR count). The summed E-state index contributed by atoms with van der Waals surface area (Å²) in [4.78, 5) is 4.04. The van der Waals surface area contributed by atoms with Crippen LogP contribution in [0.5, 0.6) is 11.5 Å². The largest absolute Gasteiger partial charge is 0.456 e. The maximum Gasteiger partial charge on any atom is 0.146 e. The molecule has 0 atom stereocenters. The number of nitrogens with zero attached hydrogens (tertiary/aromatic N) is 1. The fourth-order valence-electron chi connectivity index (χ4n) is 1.40. The molecule has 0 saturated heterocycles. The summed E-state index contributed by atoms with van der Waals surface area (Å²) in [5.74, 6) is 1.51. The quantitative estimate of drug-likeness (QED) is 0.728. The first-order chi connectivity index (χ1) is 7.65. The molecule has 0 aliphatic heterocycles. The fraction of sp³-hybridized carbons (Fsp3) is 0.154. The van der Waals surface area contributed by atoms with Gasteiger partial charge in [-0.1, -0.05) is 23.7 Å². The van der Waals surface area contributed by atoms with Crippen molar-refractivity contribution >= 4 is 11.6 Å². The van der Waals surface area contributed by atoms with Crippen molar-refractivity contribution in [2.24, 2.45) is 0 Å². The molecule has 0 amide bonds. The molecular formula is C13H12ClNO. The molecule has 0 N–H and O–H groups in total. The van der Waals surface area contributed by atoms with Crippen LogP contribution >= 0.6 is 11.6 Å². The van der Waals surface area contributed by atoms with Crippen LogP contribution in [0.2, 0.25) is 5.15 Å². The standard InChI is InChI=1S/C13H12ClNO/c1-9-4-3-5-11(6-9)16-12-7-10(2)13(14)15-8-12/h3-8H,1-2H3. The molecule has 0 unspecified atom stereocenters. The highest BCUT2D eigenvalue weighted by atomic mass is 35.5. The first kappa shape index (κ1) is 11.0. The number of halogens is 1. The van der Waals surface area contributed by atoms with Gasteiger partial charge in [0, 0.05) is 0 Å². The van der Waals surface area contributed by atoms with Crippen molar-refractivity contribution in [1.82, 2.24) is 4.98 Å². The van der Waals surface area contributed by atoms with Gasteiger partial charge in [0.15, 0.2) is 0 Å². The zero-order valence-electron chi connectivity index (χ0n) is 9.20. The molecule has 1 aromatic carbocycles. The maximum absolute atomic E-state index is 5.84. The van der Waals surface area contributed by atoms with Crippen molar-refractivity contribution in [3.8, 4) is 11.5 Å². The van der Waals surface area contributed by atoms with E-state index in [9.17, 15) is 0 Å². The Hall–Kier alpha value is -1.54. The van der Waals surface area contributed by atoms with E-state index in [0.29, 0.717) is 10.9 Å². The Balaban J connectivity index is 2.24. The maximum atomic E-state index is 5.84. The smallest absolute Gasteiger partial charge is 0.146 e. The zero-order chi connectivity index (χ0) is 11.5. The van der Waals surface area contributed by atoms with Gasteiger partial charge in [0.05, 0.1) is 6.20 Å². The molecule has 0 spiro atoms. The van der Waals surface area contributed by atoms with Crippen LogP contribution in [0.25, 0.3) is 0 Å². The second-order valence-electron chi connectivity index (χ2n) is 3.70. The summed E-state index contributed by atoms with van der Waals surface area (Å²) >= 11 is 5.84. The van der Waals surface area contributed by atoms with Gasteiger partial charge in [0.2, 0.25) is 0 Å². The molecule has 0 aliphatic rings. The predicted octanol–water partition coefficient (Wildman–Crippen LogP) is 4.14.